The molecule has 4 rings (SSSR count). The van der Waals surface area contributed by atoms with Crippen LogP contribution < -0.4 is 16.8 Å². The first-order valence-corrected chi connectivity index (χ1v) is 12.1. The van der Waals surface area contributed by atoms with Crippen LogP contribution in [0.1, 0.15) is 29.0 Å². The van der Waals surface area contributed by atoms with Gasteiger partial charge in [0.2, 0.25) is 0 Å². The maximum atomic E-state index is 14.7. The number of halogens is 1. The van der Waals surface area contributed by atoms with Crippen molar-refractivity contribution in [2.24, 2.45) is 11.5 Å². The molecule has 1 atom stereocenters. The SMILES string of the molecule is NCCC[C@H](N)CNC(=O)c1nc2ccc(-c3ccc([N+](=O)[O-])cc3)cc2n1Cc1cc([N+](=O)[O-])ccc1F. The highest BCUT2D eigenvalue weighted by molar-refractivity contribution is 5.95. The van der Waals surface area contributed by atoms with Gasteiger partial charge in [-0.2, -0.15) is 0 Å². The van der Waals surface area contributed by atoms with Crippen molar-refractivity contribution in [2.45, 2.75) is 25.4 Å². The first kappa shape index (κ1) is 27.3. The Kier molecular flexibility index (Phi) is 8.22. The normalized spacial score (nSPS) is 11.9. The molecule has 1 amide bonds. The smallest absolute Gasteiger partial charge is 0.287 e. The fourth-order valence-corrected chi connectivity index (χ4v) is 4.16. The third-order valence-electron chi connectivity index (χ3n) is 6.24. The monoisotopic (exact) mass is 535 g/mol. The number of carbonyl (C=O) groups is 1. The summed E-state index contributed by atoms with van der Waals surface area (Å²) in [6, 6.07) is 14.0. The van der Waals surface area contributed by atoms with Crippen molar-refractivity contribution >= 4 is 28.3 Å². The number of hydrogen-bond acceptors (Lipinski definition) is 8. The lowest BCUT2D eigenvalue weighted by atomic mass is 10.0. The third-order valence-corrected chi connectivity index (χ3v) is 6.24. The summed E-state index contributed by atoms with van der Waals surface area (Å²) < 4.78 is 16.2. The molecule has 1 heterocycles. The minimum atomic E-state index is -0.677. The van der Waals surface area contributed by atoms with E-state index in [0.717, 1.165) is 18.2 Å². The van der Waals surface area contributed by atoms with Crippen LogP contribution in [-0.4, -0.2) is 44.4 Å². The lowest BCUT2D eigenvalue weighted by Gasteiger charge is -2.14. The Balaban J connectivity index is 1.76. The maximum Gasteiger partial charge on any atom is 0.287 e. The number of benzene rings is 3. The molecule has 0 bridgehead atoms. The minimum Gasteiger partial charge on any atom is -0.348 e. The standard InChI is InChI=1S/C26H26FN7O5/c27-22-9-8-21(34(38)39)12-18(22)15-32-24-13-17(16-3-6-20(7-4-16)33(36)37)5-10-23(24)31-25(32)26(35)30-14-19(29)2-1-11-28/h3-10,12-13,19H,1-2,11,14-15,28-29H2,(H,30,35)/t19-/m0/s1. The number of amides is 1. The number of nitrogens with two attached hydrogens (primary N) is 2. The molecule has 13 heteroatoms. The van der Waals surface area contributed by atoms with Gasteiger partial charge < -0.3 is 21.4 Å². The zero-order chi connectivity index (χ0) is 28.1. The number of nitrogens with zero attached hydrogens (tertiary/aromatic N) is 4. The molecule has 0 unspecified atom stereocenters. The fourth-order valence-electron chi connectivity index (χ4n) is 4.16. The number of hydrogen-bond donors (Lipinski definition) is 3. The summed E-state index contributed by atoms with van der Waals surface area (Å²) in [7, 11) is 0. The van der Waals surface area contributed by atoms with Crippen LogP contribution in [0.25, 0.3) is 22.2 Å². The van der Waals surface area contributed by atoms with E-state index < -0.39 is 21.6 Å². The van der Waals surface area contributed by atoms with E-state index in [1.807, 2.05) is 0 Å². The Morgan fingerprint density at radius 1 is 1.00 bits per heavy atom. The molecule has 0 aliphatic carbocycles. The van der Waals surface area contributed by atoms with E-state index in [1.54, 1.807) is 30.3 Å². The predicted molar refractivity (Wildman–Crippen MR) is 143 cm³/mol. The van der Waals surface area contributed by atoms with Gasteiger partial charge in [0, 0.05) is 42.4 Å². The first-order valence-electron chi connectivity index (χ1n) is 12.1. The molecule has 5 N–H and O–H groups in total. The van der Waals surface area contributed by atoms with Crippen LogP contribution in [0.2, 0.25) is 0 Å². The molecule has 0 fully saturated rings. The van der Waals surface area contributed by atoms with E-state index in [1.165, 1.54) is 16.7 Å². The highest BCUT2D eigenvalue weighted by Crippen LogP contribution is 2.28. The molecule has 0 aliphatic heterocycles. The second-order valence-electron chi connectivity index (χ2n) is 8.96. The molecule has 4 aromatic rings. The van der Waals surface area contributed by atoms with E-state index in [9.17, 15) is 29.4 Å². The van der Waals surface area contributed by atoms with E-state index in [4.69, 9.17) is 11.5 Å². The molecule has 3 aromatic carbocycles. The van der Waals surface area contributed by atoms with Crippen molar-refractivity contribution in [3.63, 3.8) is 0 Å². The number of nitrogens with one attached hydrogen (secondary N) is 1. The molecule has 0 saturated carbocycles. The summed E-state index contributed by atoms with van der Waals surface area (Å²) in [5.74, 6) is -1.25. The lowest BCUT2D eigenvalue weighted by molar-refractivity contribution is -0.385. The van der Waals surface area contributed by atoms with Gasteiger partial charge in [-0.25, -0.2) is 9.37 Å². The minimum absolute atomic E-state index is 0.00191. The second kappa shape index (κ2) is 11.8. The van der Waals surface area contributed by atoms with Crippen molar-refractivity contribution in [3.8, 4) is 11.1 Å². The molecule has 0 aliphatic rings. The molecule has 0 radical (unpaired) electrons. The number of nitro benzene ring substituents is 2. The van der Waals surface area contributed by atoms with E-state index in [-0.39, 0.29) is 41.9 Å². The summed E-state index contributed by atoms with van der Waals surface area (Å²) >= 11 is 0. The van der Waals surface area contributed by atoms with Gasteiger partial charge in [-0.05, 0) is 60.8 Å². The molecule has 0 spiro atoms. The summed E-state index contributed by atoms with van der Waals surface area (Å²) in [5, 5.41) is 25.1. The van der Waals surface area contributed by atoms with Gasteiger partial charge in [0.05, 0.1) is 27.4 Å². The zero-order valence-electron chi connectivity index (χ0n) is 20.7. The van der Waals surface area contributed by atoms with Crippen molar-refractivity contribution in [2.75, 3.05) is 13.1 Å². The van der Waals surface area contributed by atoms with Gasteiger partial charge in [0.15, 0.2) is 5.82 Å². The average Bonchev–Trinajstić information content (AvgIpc) is 3.29. The van der Waals surface area contributed by atoms with Crippen LogP contribution >= 0.6 is 0 Å². The molecule has 39 heavy (non-hydrogen) atoms. The number of aromatic nitrogens is 2. The summed E-state index contributed by atoms with van der Waals surface area (Å²) in [5.41, 5.74) is 13.5. The van der Waals surface area contributed by atoms with E-state index >= 15 is 0 Å². The second-order valence-corrected chi connectivity index (χ2v) is 8.96. The van der Waals surface area contributed by atoms with Gasteiger partial charge in [0.25, 0.3) is 17.3 Å². The number of non-ortho nitro benzene ring substituents is 2. The predicted octanol–water partition coefficient (Wildman–Crippen LogP) is 3.50. The highest BCUT2D eigenvalue weighted by atomic mass is 19.1. The lowest BCUT2D eigenvalue weighted by Crippen LogP contribution is -2.38. The topological polar surface area (TPSA) is 185 Å². The van der Waals surface area contributed by atoms with Crippen molar-refractivity contribution < 1.29 is 19.0 Å². The van der Waals surface area contributed by atoms with Gasteiger partial charge in [-0.1, -0.05) is 6.07 Å². The maximum absolute atomic E-state index is 14.7. The van der Waals surface area contributed by atoms with Crippen LogP contribution in [0.5, 0.6) is 0 Å². The largest absolute Gasteiger partial charge is 0.348 e. The van der Waals surface area contributed by atoms with E-state index in [2.05, 4.69) is 10.3 Å². The number of nitro groups is 2. The highest BCUT2D eigenvalue weighted by Gasteiger charge is 2.21. The fraction of sp³-hybridized carbons (Fsp3) is 0.231. The Hall–Kier alpha value is -4.75. The van der Waals surface area contributed by atoms with Gasteiger partial charge in [-0.15, -0.1) is 0 Å². The Morgan fingerprint density at radius 3 is 2.33 bits per heavy atom. The number of fused-ring (bicyclic) bond motifs is 1. The number of rotatable bonds is 11. The van der Waals surface area contributed by atoms with Crippen LogP contribution in [0.4, 0.5) is 15.8 Å². The quantitative estimate of drug-likeness (QED) is 0.192. The third kappa shape index (κ3) is 6.22. The van der Waals surface area contributed by atoms with Crippen molar-refractivity contribution in [3.05, 3.63) is 98.1 Å². The first-order chi connectivity index (χ1) is 18.7. The van der Waals surface area contributed by atoms with Gasteiger partial charge in [0.1, 0.15) is 5.82 Å². The molecular weight excluding hydrogens is 509 g/mol. The molecular formula is C26H26FN7O5. The van der Waals surface area contributed by atoms with Crippen LogP contribution in [0.3, 0.4) is 0 Å². The van der Waals surface area contributed by atoms with Gasteiger partial charge in [-0.3, -0.25) is 25.0 Å². The van der Waals surface area contributed by atoms with E-state index in [0.29, 0.717) is 41.5 Å². The molecule has 0 saturated heterocycles. The Morgan fingerprint density at radius 2 is 1.67 bits per heavy atom. The number of carbonyl (C=O) groups excluding carboxylic acids is 1. The molecule has 12 nitrogen and oxygen atoms in total. The van der Waals surface area contributed by atoms with Crippen LogP contribution in [-0.2, 0) is 6.54 Å². The average molecular weight is 536 g/mol. The number of imidazole rings is 1. The van der Waals surface area contributed by atoms with Crippen LogP contribution in [0.15, 0.2) is 60.7 Å². The molecule has 202 valence electrons. The van der Waals surface area contributed by atoms with Crippen molar-refractivity contribution in [1.82, 2.24) is 14.9 Å². The Labute approximate surface area is 221 Å². The zero-order valence-corrected chi connectivity index (χ0v) is 20.7. The Bertz CT molecular complexity index is 1540. The van der Waals surface area contributed by atoms with Gasteiger partial charge >= 0.3 is 0 Å². The summed E-state index contributed by atoms with van der Waals surface area (Å²) in [4.78, 5) is 38.8. The summed E-state index contributed by atoms with van der Waals surface area (Å²) in [6.07, 6.45) is 1.32. The van der Waals surface area contributed by atoms with Crippen molar-refractivity contribution in [1.29, 1.82) is 0 Å². The van der Waals surface area contributed by atoms with Crippen LogP contribution in [0, 0.1) is 26.0 Å². The summed E-state index contributed by atoms with van der Waals surface area (Å²) in [6.45, 7) is 0.431. The molecule has 1 aromatic heterocycles.